The van der Waals surface area contributed by atoms with E-state index in [2.05, 4.69) is 31.3 Å². The minimum absolute atomic E-state index is 0.749. The fourth-order valence-corrected chi connectivity index (χ4v) is 3.35. The number of aliphatic imine (C=N–C) groups is 1. The third kappa shape index (κ3) is 5.16. The van der Waals surface area contributed by atoms with Crippen molar-refractivity contribution in [2.75, 3.05) is 54.0 Å². The zero-order valence-electron chi connectivity index (χ0n) is 16.9. The average molecular weight is 387 g/mol. The summed E-state index contributed by atoms with van der Waals surface area (Å²) < 4.78 is 15.6. The summed E-state index contributed by atoms with van der Waals surface area (Å²) >= 11 is 0. The van der Waals surface area contributed by atoms with Gasteiger partial charge in [0.15, 0.2) is 17.5 Å². The van der Waals surface area contributed by atoms with Crippen LogP contribution >= 0.6 is 0 Å². The lowest BCUT2D eigenvalue weighted by Gasteiger charge is -2.36. The molecule has 1 aliphatic rings. The first kappa shape index (κ1) is 20.0. The summed E-state index contributed by atoms with van der Waals surface area (Å²) in [6, 6.07) is 7.94. The molecular formula is C20H29N5O3. The Morgan fingerprint density at radius 1 is 1.14 bits per heavy atom. The first-order chi connectivity index (χ1) is 13.7. The van der Waals surface area contributed by atoms with Gasteiger partial charge in [0.05, 0.1) is 19.9 Å². The van der Waals surface area contributed by atoms with Gasteiger partial charge in [-0.15, -0.1) is 0 Å². The lowest BCUT2D eigenvalue weighted by molar-refractivity contribution is 0.169. The molecule has 152 valence electrons. The van der Waals surface area contributed by atoms with Crippen LogP contribution in [0.2, 0.25) is 0 Å². The predicted octanol–water partition coefficient (Wildman–Crippen LogP) is 1.63. The zero-order valence-corrected chi connectivity index (χ0v) is 16.9. The van der Waals surface area contributed by atoms with E-state index < -0.39 is 0 Å². The van der Waals surface area contributed by atoms with Crippen molar-refractivity contribution in [2.45, 2.75) is 13.0 Å². The Morgan fingerprint density at radius 3 is 2.57 bits per heavy atom. The molecule has 0 aliphatic carbocycles. The van der Waals surface area contributed by atoms with E-state index in [0.29, 0.717) is 0 Å². The Kier molecular flexibility index (Phi) is 7.13. The molecule has 1 N–H and O–H groups in total. The molecule has 1 saturated heterocycles. The van der Waals surface area contributed by atoms with E-state index in [9.17, 15) is 0 Å². The van der Waals surface area contributed by atoms with Gasteiger partial charge >= 0.3 is 0 Å². The molecule has 0 unspecified atom stereocenters. The normalized spacial score (nSPS) is 15.5. The predicted molar refractivity (Wildman–Crippen MR) is 108 cm³/mol. The van der Waals surface area contributed by atoms with Crippen LogP contribution in [0.5, 0.6) is 11.5 Å². The van der Waals surface area contributed by atoms with Gasteiger partial charge in [0.2, 0.25) is 0 Å². The Bertz CT molecular complexity index is 755. The Morgan fingerprint density at radius 2 is 1.93 bits per heavy atom. The number of hydrogen-bond acceptors (Lipinski definition) is 6. The maximum atomic E-state index is 5.38. The van der Waals surface area contributed by atoms with E-state index in [0.717, 1.165) is 68.8 Å². The average Bonchev–Trinajstić information content (AvgIpc) is 3.25. The molecule has 1 aliphatic heterocycles. The second-order valence-corrected chi connectivity index (χ2v) is 6.67. The number of nitrogens with one attached hydrogen (secondary N) is 1. The highest BCUT2D eigenvalue weighted by molar-refractivity contribution is 5.80. The zero-order chi connectivity index (χ0) is 19.8. The van der Waals surface area contributed by atoms with Gasteiger partial charge in [-0.3, -0.25) is 9.89 Å². The fourth-order valence-electron chi connectivity index (χ4n) is 3.35. The lowest BCUT2D eigenvalue weighted by atomic mass is 10.1. The molecule has 1 aromatic heterocycles. The van der Waals surface area contributed by atoms with E-state index in [1.165, 1.54) is 5.56 Å². The number of rotatable bonds is 7. The molecule has 0 bridgehead atoms. The number of hydrogen-bond donors (Lipinski definition) is 1. The maximum absolute atomic E-state index is 5.38. The van der Waals surface area contributed by atoms with Gasteiger partial charge in [0.1, 0.15) is 6.26 Å². The van der Waals surface area contributed by atoms with Crippen molar-refractivity contribution < 1.29 is 14.0 Å². The van der Waals surface area contributed by atoms with E-state index in [1.807, 2.05) is 25.2 Å². The molecular weight excluding hydrogens is 358 g/mol. The maximum Gasteiger partial charge on any atom is 0.193 e. The van der Waals surface area contributed by atoms with E-state index in [1.54, 1.807) is 20.5 Å². The molecule has 1 aromatic carbocycles. The van der Waals surface area contributed by atoms with Crippen LogP contribution < -0.4 is 14.8 Å². The summed E-state index contributed by atoms with van der Waals surface area (Å²) in [6.45, 7) is 5.46. The molecule has 28 heavy (non-hydrogen) atoms. The van der Waals surface area contributed by atoms with Crippen LogP contribution in [0.3, 0.4) is 0 Å². The van der Waals surface area contributed by atoms with Crippen LogP contribution in [0.15, 0.2) is 40.0 Å². The van der Waals surface area contributed by atoms with Crippen LogP contribution in [-0.4, -0.2) is 74.9 Å². The molecule has 0 spiro atoms. The molecule has 2 heterocycles. The second-order valence-electron chi connectivity index (χ2n) is 6.67. The minimum atomic E-state index is 0.749. The van der Waals surface area contributed by atoms with Crippen LogP contribution in [0.25, 0.3) is 0 Å². The number of nitrogens with zero attached hydrogens (tertiary/aromatic N) is 4. The first-order valence-electron chi connectivity index (χ1n) is 9.51. The molecule has 0 atom stereocenters. The Balaban J connectivity index is 1.45. The molecule has 3 rings (SSSR count). The number of aromatic nitrogens is 1. The van der Waals surface area contributed by atoms with Crippen molar-refractivity contribution in [3.8, 4) is 11.5 Å². The smallest absolute Gasteiger partial charge is 0.193 e. The summed E-state index contributed by atoms with van der Waals surface area (Å²) in [5.41, 5.74) is 2.17. The van der Waals surface area contributed by atoms with Gasteiger partial charge in [0, 0.05) is 52.4 Å². The number of piperazine rings is 1. The largest absolute Gasteiger partial charge is 0.493 e. The molecule has 0 radical (unpaired) electrons. The third-order valence-electron chi connectivity index (χ3n) is 4.91. The molecule has 0 saturated carbocycles. The second kappa shape index (κ2) is 9.98. The summed E-state index contributed by atoms with van der Waals surface area (Å²) in [7, 11) is 5.14. The highest BCUT2D eigenvalue weighted by atomic mass is 16.5. The van der Waals surface area contributed by atoms with Gasteiger partial charge in [-0.25, -0.2) is 0 Å². The first-order valence-corrected chi connectivity index (χ1v) is 9.51. The van der Waals surface area contributed by atoms with Crippen molar-refractivity contribution in [1.29, 1.82) is 0 Å². The SMILES string of the molecule is CN=C(NCCc1ccc(OC)c(OC)c1)N1CCN(Cc2ccon2)CC1. The van der Waals surface area contributed by atoms with Crippen LogP contribution in [0.1, 0.15) is 11.3 Å². The number of benzene rings is 1. The van der Waals surface area contributed by atoms with E-state index in [-0.39, 0.29) is 0 Å². The molecule has 0 amide bonds. The molecule has 8 heteroatoms. The highest BCUT2D eigenvalue weighted by Crippen LogP contribution is 2.27. The Labute approximate surface area is 166 Å². The highest BCUT2D eigenvalue weighted by Gasteiger charge is 2.20. The van der Waals surface area contributed by atoms with Gasteiger partial charge in [-0.2, -0.15) is 0 Å². The van der Waals surface area contributed by atoms with Gasteiger partial charge < -0.3 is 24.2 Å². The summed E-state index contributed by atoms with van der Waals surface area (Å²) in [5.74, 6) is 2.45. The number of ether oxygens (including phenoxy) is 2. The topological polar surface area (TPSA) is 75.4 Å². The third-order valence-corrected chi connectivity index (χ3v) is 4.91. The van der Waals surface area contributed by atoms with Gasteiger partial charge in [-0.1, -0.05) is 11.2 Å². The van der Waals surface area contributed by atoms with Crippen molar-refractivity contribution in [3.05, 3.63) is 41.8 Å². The molecule has 8 nitrogen and oxygen atoms in total. The summed E-state index contributed by atoms with van der Waals surface area (Å²) in [5, 5.41) is 7.46. The number of methoxy groups -OCH3 is 2. The lowest BCUT2D eigenvalue weighted by Crippen LogP contribution is -2.52. The van der Waals surface area contributed by atoms with Crippen molar-refractivity contribution in [2.24, 2.45) is 4.99 Å². The van der Waals surface area contributed by atoms with Crippen LogP contribution in [-0.2, 0) is 13.0 Å². The quantitative estimate of drug-likeness (QED) is 0.572. The van der Waals surface area contributed by atoms with Crippen molar-refractivity contribution in [3.63, 3.8) is 0 Å². The van der Waals surface area contributed by atoms with Crippen molar-refractivity contribution in [1.82, 2.24) is 20.3 Å². The Hall–Kier alpha value is -2.74. The molecule has 2 aromatic rings. The molecule has 1 fully saturated rings. The van der Waals surface area contributed by atoms with E-state index >= 15 is 0 Å². The van der Waals surface area contributed by atoms with E-state index in [4.69, 9.17) is 14.0 Å². The standard InChI is InChI=1S/C20H29N5O3/c1-21-20(22-8-6-16-4-5-18(26-2)19(14-16)27-3)25-11-9-24(10-12-25)15-17-7-13-28-23-17/h4-5,7,13-14H,6,8-12,15H2,1-3H3,(H,21,22). The monoisotopic (exact) mass is 387 g/mol. The fraction of sp³-hybridized carbons (Fsp3) is 0.500. The minimum Gasteiger partial charge on any atom is -0.493 e. The van der Waals surface area contributed by atoms with Crippen LogP contribution in [0.4, 0.5) is 0 Å². The summed E-state index contributed by atoms with van der Waals surface area (Å²) in [4.78, 5) is 9.13. The van der Waals surface area contributed by atoms with Crippen molar-refractivity contribution >= 4 is 5.96 Å². The summed E-state index contributed by atoms with van der Waals surface area (Å²) in [6.07, 6.45) is 2.50. The van der Waals surface area contributed by atoms with Gasteiger partial charge in [0.25, 0.3) is 0 Å². The van der Waals surface area contributed by atoms with Crippen LogP contribution in [0, 0.1) is 0 Å². The van der Waals surface area contributed by atoms with Gasteiger partial charge in [-0.05, 0) is 24.1 Å². The number of guanidine groups is 1.